The van der Waals surface area contributed by atoms with E-state index in [9.17, 15) is 9.18 Å². The number of piperazine rings is 1. The fourth-order valence-corrected chi connectivity index (χ4v) is 3.33. The number of rotatable bonds is 3. The summed E-state index contributed by atoms with van der Waals surface area (Å²) in [4.78, 5) is 16.3. The van der Waals surface area contributed by atoms with Crippen molar-refractivity contribution in [3.05, 3.63) is 58.0 Å². The largest absolute Gasteiger partial charge is 0.334 e. The second-order valence-corrected chi connectivity index (χ2v) is 6.65. The number of nitrogens with one attached hydrogen (secondary N) is 1. The predicted octanol–water partition coefficient (Wildman–Crippen LogP) is 1.78. The Bertz CT molecular complexity index is 686. The van der Waals surface area contributed by atoms with E-state index >= 15 is 0 Å². The highest BCUT2D eigenvalue weighted by molar-refractivity contribution is 7.08. The highest BCUT2D eigenvalue weighted by Crippen LogP contribution is 2.23. The fraction of sp³-hybridized carbons (Fsp3) is 0.278. The summed E-state index contributed by atoms with van der Waals surface area (Å²) in [6.45, 7) is 3.49. The molecule has 3 nitrogen and oxygen atoms in total. The van der Waals surface area contributed by atoms with Crippen LogP contribution in [0.5, 0.6) is 0 Å². The van der Waals surface area contributed by atoms with Gasteiger partial charge >= 0.3 is 0 Å². The average Bonchev–Trinajstić information content (AvgIpc) is 3.08. The first-order valence-electron chi connectivity index (χ1n) is 7.74. The second kappa shape index (κ2) is 7.06. The van der Waals surface area contributed by atoms with Gasteiger partial charge in [-0.25, -0.2) is 4.39 Å². The molecule has 0 aliphatic carbocycles. The van der Waals surface area contributed by atoms with Crippen molar-refractivity contribution in [3.8, 4) is 0 Å². The first-order chi connectivity index (χ1) is 11.1. The molecule has 1 N–H and O–H groups in total. The Hall–Kier alpha value is -1.98. The lowest BCUT2D eigenvalue weighted by Crippen LogP contribution is -3.12. The van der Waals surface area contributed by atoms with Crippen molar-refractivity contribution in [2.24, 2.45) is 0 Å². The van der Waals surface area contributed by atoms with Gasteiger partial charge in [0.1, 0.15) is 5.82 Å². The Morgan fingerprint density at radius 3 is 2.52 bits per heavy atom. The third kappa shape index (κ3) is 3.86. The van der Waals surface area contributed by atoms with Crippen molar-refractivity contribution >= 4 is 28.9 Å². The van der Waals surface area contributed by atoms with Crippen LogP contribution < -0.4 is 4.90 Å². The van der Waals surface area contributed by atoms with E-state index in [1.807, 2.05) is 27.8 Å². The summed E-state index contributed by atoms with van der Waals surface area (Å²) < 4.78 is 13.1. The number of nitrogens with zero attached hydrogens (tertiary/aromatic N) is 1. The molecule has 1 aliphatic rings. The summed E-state index contributed by atoms with van der Waals surface area (Å²) in [7, 11) is 2.15. The van der Waals surface area contributed by atoms with Crippen LogP contribution in [0.15, 0.2) is 41.1 Å². The van der Waals surface area contributed by atoms with Crippen LogP contribution in [0.2, 0.25) is 0 Å². The molecule has 0 radical (unpaired) electrons. The SMILES string of the molecule is C[NH+]1CCN(C(=O)/C(=C/c2ccc(F)cc2)c2ccsc2)CC1. The number of halogens is 1. The number of hydrogen-bond donors (Lipinski definition) is 1. The first-order valence-corrected chi connectivity index (χ1v) is 8.68. The zero-order chi connectivity index (χ0) is 16.2. The van der Waals surface area contributed by atoms with E-state index in [0.717, 1.165) is 37.3 Å². The molecule has 0 saturated carbocycles. The number of carbonyl (C=O) groups excluding carboxylic acids is 1. The van der Waals surface area contributed by atoms with Crippen LogP contribution in [0.4, 0.5) is 4.39 Å². The summed E-state index contributed by atoms with van der Waals surface area (Å²) in [6.07, 6.45) is 1.86. The molecule has 1 aromatic carbocycles. The number of benzene rings is 1. The van der Waals surface area contributed by atoms with Crippen LogP contribution in [0, 0.1) is 5.82 Å². The minimum Gasteiger partial charge on any atom is -0.334 e. The van der Waals surface area contributed by atoms with E-state index in [0.29, 0.717) is 5.57 Å². The van der Waals surface area contributed by atoms with Gasteiger partial charge in [-0.2, -0.15) is 11.3 Å². The van der Waals surface area contributed by atoms with Gasteiger partial charge in [0.25, 0.3) is 5.91 Å². The van der Waals surface area contributed by atoms with Gasteiger partial charge in [-0.05, 0) is 46.2 Å². The monoisotopic (exact) mass is 331 g/mol. The van der Waals surface area contributed by atoms with Gasteiger partial charge in [0.2, 0.25) is 0 Å². The van der Waals surface area contributed by atoms with Gasteiger partial charge in [-0.3, -0.25) is 4.79 Å². The minimum atomic E-state index is -0.271. The van der Waals surface area contributed by atoms with Gasteiger partial charge in [0.15, 0.2) is 0 Å². The standard InChI is InChI=1S/C18H19FN2OS/c1-20-7-9-21(10-8-20)18(22)17(15-6-11-23-13-15)12-14-2-4-16(19)5-3-14/h2-6,11-13H,7-10H2,1H3/p+1/b17-12+. The molecular weight excluding hydrogens is 311 g/mol. The van der Waals surface area contributed by atoms with E-state index in [1.165, 1.54) is 17.0 Å². The lowest BCUT2D eigenvalue weighted by Gasteiger charge is -2.30. The van der Waals surface area contributed by atoms with Crippen molar-refractivity contribution in [3.63, 3.8) is 0 Å². The highest BCUT2D eigenvalue weighted by atomic mass is 32.1. The maximum absolute atomic E-state index is 13.1. The van der Waals surface area contributed by atoms with Crippen LogP contribution in [-0.4, -0.2) is 44.0 Å². The Morgan fingerprint density at radius 2 is 1.91 bits per heavy atom. The zero-order valence-corrected chi connectivity index (χ0v) is 13.9. The Labute approximate surface area is 139 Å². The van der Waals surface area contributed by atoms with Gasteiger partial charge in [-0.1, -0.05) is 12.1 Å². The van der Waals surface area contributed by atoms with Gasteiger partial charge in [0, 0.05) is 5.57 Å². The van der Waals surface area contributed by atoms with E-state index in [2.05, 4.69) is 7.05 Å². The lowest BCUT2D eigenvalue weighted by molar-refractivity contribution is -0.883. The molecule has 23 heavy (non-hydrogen) atoms. The predicted molar refractivity (Wildman–Crippen MR) is 91.8 cm³/mol. The third-order valence-corrected chi connectivity index (χ3v) is 4.83. The van der Waals surface area contributed by atoms with Gasteiger partial charge in [0.05, 0.1) is 33.2 Å². The quantitative estimate of drug-likeness (QED) is 0.852. The highest BCUT2D eigenvalue weighted by Gasteiger charge is 2.24. The Balaban J connectivity index is 1.90. The van der Waals surface area contributed by atoms with Crippen molar-refractivity contribution in [1.29, 1.82) is 0 Å². The molecule has 1 amide bonds. The van der Waals surface area contributed by atoms with E-state index < -0.39 is 0 Å². The summed E-state index contributed by atoms with van der Waals surface area (Å²) in [5.41, 5.74) is 2.44. The van der Waals surface area contributed by atoms with Gasteiger partial charge < -0.3 is 9.80 Å². The number of likely N-dealkylation sites (N-methyl/N-ethyl adjacent to an activating group) is 1. The normalized spacial score (nSPS) is 16.6. The molecule has 1 saturated heterocycles. The molecule has 1 aliphatic heterocycles. The number of carbonyl (C=O) groups is 1. The summed E-state index contributed by atoms with van der Waals surface area (Å²) in [5, 5.41) is 3.95. The van der Waals surface area contributed by atoms with Crippen LogP contribution in [0.1, 0.15) is 11.1 Å². The van der Waals surface area contributed by atoms with E-state index in [-0.39, 0.29) is 11.7 Å². The average molecular weight is 331 g/mol. The molecule has 2 heterocycles. The molecule has 0 bridgehead atoms. The Morgan fingerprint density at radius 1 is 1.22 bits per heavy atom. The maximum atomic E-state index is 13.1. The number of quaternary nitrogens is 1. The van der Waals surface area contributed by atoms with Crippen molar-refractivity contribution < 1.29 is 14.1 Å². The van der Waals surface area contributed by atoms with Crippen molar-refractivity contribution in [1.82, 2.24) is 4.90 Å². The van der Waals surface area contributed by atoms with Crippen LogP contribution in [0.3, 0.4) is 0 Å². The van der Waals surface area contributed by atoms with Gasteiger partial charge in [-0.15, -0.1) is 0 Å². The molecule has 1 fully saturated rings. The molecular formula is C18H20FN2OS+. The molecule has 3 rings (SSSR count). The van der Waals surface area contributed by atoms with Crippen LogP contribution >= 0.6 is 11.3 Å². The van der Waals surface area contributed by atoms with Crippen molar-refractivity contribution in [2.75, 3.05) is 33.2 Å². The molecule has 5 heteroatoms. The van der Waals surface area contributed by atoms with E-state index in [4.69, 9.17) is 0 Å². The van der Waals surface area contributed by atoms with Crippen molar-refractivity contribution in [2.45, 2.75) is 0 Å². The first kappa shape index (κ1) is 15.9. The summed E-state index contributed by atoms with van der Waals surface area (Å²) in [6, 6.07) is 8.19. The fourth-order valence-electron chi connectivity index (χ4n) is 2.67. The summed E-state index contributed by atoms with van der Waals surface area (Å²) in [5.74, 6) is -0.215. The van der Waals surface area contributed by atoms with Crippen LogP contribution in [0.25, 0.3) is 11.6 Å². The van der Waals surface area contributed by atoms with Crippen LogP contribution in [-0.2, 0) is 4.79 Å². The number of amides is 1. The topological polar surface area (TPSA) is 24.8 Å². The third-order valence-electron chi connectivity index (χ3n) is 4.15. The number of hydrogen-bond acceptors (Lipinski definition) is 2. The molecule has 120 valence electrons. The molecule has 0 spiro atoms. The maximum Gasteiger partial charge on any atom is 0.254 e. The number of thiophene rings is 1. The Kier molecular flexibility index (Phi) is 4.88. The zero-order valence-electron chi connectivity index (χ0n) is 13.1. The molecule has 0 atom stereocenters. The second-order valence-electron chi connectivity index (χ2n) is 5.87. The smallest absolute Gasteiger partial charge is 0.254 e. The molecule has 1 aromatic heterocycles. The minimum absolute atomic E-state index is 0.0558. The molecule has 2 aromatic rings. The lowest BCUT2D eigenvalue weighted by atomic mass is 10.0. The molecule has 0 unspecified atom stereocenters. The van der Waals surface area contributed by atoms with E-state index in [1.54, 1.807) is 23.5 Å². The summed E-state index contributed by atoms with van der Waals surface area (Å²) >= 11 is 1.57.